The number of nitrogens with two attached hydrogens (primary N) is 1. The summed E-state index contributed by atoms with van der Waals surface area (Å²) in [6, 6.07) is 9.82. The molecule has 0 spiro atoms. The molecule has 0 aliphatic carbocycles. The number of hydrogen-bond donors (Lipinski definition) is 2. The summed E-state index contributed by atoms with van der Waals surface area (Å²) in [4.78, 5) is 11.4. The number of primary amides is 1. The minimum Gasteiger partial charge on any atom is -0.383 e. The Morgan fingerprint density at radius 1 is 1.39 bits per heavy atom. The summed E-state index contributed by atoms with van der Waals surface area (Å²) in [7, 11) is 1.63. The topological polar surface area (TPSA) is 64.3 Å². The summed E-state index contributed by atoms with van der Waals surface area (Å²) in [6.07, 6.45) is 0.697. The Morgan fingerprint density at radius 3 is 2.61 bits per heavy atom. The second-order valence-electron chi connectivity index (χ2n) is 4.45. The maximum atomic E-state index is 11.4. The van der Waals surface area contributed by atoms with E-state index in [2.05, 4.69) is 24.4 Å². The van der Waals surface area contributed by atoms with E-state index >= 15 is 0 Å². The van der Waals surface area contributed by atoms with E-state index in [1.54, 1.807) is 7.11 Å². The molecule has 1 amide bonds. The van der Waals surface area contributed by atoms with Gasteiger partial charge in [-0.15, -0.1) is 0 Å². The van der Waals surface area contributed by atoms with Crippen LogP contribution in [0.4, 0.5) is 0 Å². The van der Waals surface area contributed by atoms with Crippen LogP contribution in [0.2, 0.25) is 0 Å². The lowest BCUT2D eigenvalue weighted by molar-refractivity contribution is -0.120. The first kappa shape index (κ1) is 14.7. The van der Waals surface area contributed by atoms with Crippen LogP contribution in [0.5, 0.6) is 0 Å². The molecule has 1 aromatic carbocycles. The minimum absolute atomic E-state index is 0.291. The monoisotopic (exact) mass is 250 g/mol. The van der Waals surface area contributed by atoms with Crippen molar-refractivity contribution in [1.82, 2.24) is 5.32 Å². The Balaban J connectivity index is 2.52. The van der Waals surface area contributed by atoms with Gasteiger partial charge in [0.1, 0.15) is 0 Å². The number of rotatable bonds is 8. The van der Waals surface area contributed by atoms with Crippen molar-refractivity contribution >= 4 is 5.91 Å². The van der Waals surface area contributed by atoms with Crippen molar-refractivity contribution in [2.75, 3.05) is 20.3 Å². The molecule has 0 fully saturated rings. The second kappa shape index (κ2) is 7.84. The number of benzene rings is 1. The summed E-state index contributed by atoms with van der Waals surface area (Å²) in [5, 5.41) is 3.12. The molecule has 0 aliphatic rings. The fourth-order valence-corrected chi connectivity index (χ4v) is 1.91. The van der Waals surface area contributed by atoms with Crippen LogP contribution in [0, 0.1) is 0 Å². The largest absolute Gasteiger partial charge is 0.383 e. The lowest BCUT2D eigenvalue weighted by Gasteiger charge is -2.19. The van der Waals surface area contributed by atoms with E-state index in [1.807, 2.05) is 18.2 Å². The van der Waals surface area contributed by atoms with Gasteiger partial charge in [0.15, 0.2) is 0 Å². The summed E-state index contributed by atoms with van der Waals surface area (Å²) in [5.41, 5.74) is 6.62. The molecule has 0 saturated heterocycles. The summed E-state index contributed by atoms with van der Waals surface area (Å²) in [6.45, 7) is 3.30. The zero-order valence-corrected chi connectivity index (χ0v) is 11.1. The van der Waals surface area contributed by atoms with Crippen molar-refractivity contribution in [3.05, 3.63) is 35.9 Å². The number of ether oxygens (including phenoxy) is 1. The normalized spacial score (nSPS) is 14.1. The zero-order valence-electron chi connectivity index (χ0n) is 11.1. The molecule has 0 bridgehead atoms. The Hall–Kier alpha value is -1.39. The smallest absolute Gasteiger partial charge is 0.234 e. The molecule has 0 aromatic heterocycles. The van der Waals surface area contributed by atoms with Gasteiger partial charge in [-0.05, 0) is 17.9 Å². The molecular weight excluding hydrogens is 228 g/mol. The van der Waals surface area contributed by atoms with E-state index in [1.165, 1.54) is 5.56 Å². The van der Waals surface area contributed by atoms with Crippen LogP contribution in [0.15, 0.2) is 30.3 Å². The zero-order chi connectivity index (χ0) is 13.4. The van der Waals surface area contributed by atoms with Crippen LogP contribution in [-0.2, 0) is 9.53 Å². The molecule has 2 unspecified atom stereocenters. The summed E-state index contributed by atoms with van der Waals surface area (Å²) < 4.78 is 4.95. The van der Waals surface area contributed by atoms with E-state index < -0.39 is 0 Å². The predicted molar refractivity (Wildman–Crippen MR) is 72.3 cm³/mol. The fourth-order valence-electron chi connectivity index (χ4n) is 1.91. The van der Waals surface area contributed by atoms with Gasteiger partial charge in [0.05, 0.1) is 12.6 Å². The predicted octanol–water partition coefficient (Wildman–Crippen LogP) is 1.27. The lowest BCUT2D eigenvalue weighted by Crippen LogP contribution is -2.43. The molecule has 4 heteroatoms. The highest BCUT2D eigenvalue weighted by Crippen LogP contribution is 2.20. The molecule has 1 rings (SSSR count). The van der Waals surface area contributed by atoms with Gasteiger partial charge in [-0.1, -0.05) is 37.3 Å². The molecule has 0 aliphatic heterocycles. The van der Waals surface area contributed by atoms with Gasteiger partial charge in [-0.25, -0.2) is 0 Å². The number of methoxy groups -OCH3 is 1. The number of hydrogen-bond acceptors (Lipinski definition) is 3. The maximum Gasteiger partial charge on any atom is 0.234 e. The van der Waals surface area contributed by atoms with Crippen LogP contribution < -0.4 is 11.1 Å². The van der Waals surface area contributed by atoms with E-state index in [9.17, 15) is 4.79 Å². The number of carbonyl (C=O) groups is 1. The quantitative estimate of drug-likeness (QED) is 0.683. The molecule has 4 nitrogen and oxygen atoms in total. The van der Waals surface area contributed by atoms with Crippen molar-refractivity contribution in [1.29, 1.82) is 0 Å². The minimum atomic E-state index is -0.311. The average Bonchev–Trinajstić information content (AvgIpc) is 2.38. The molecule has 2 atom stereocenters. The summed E-state index contributed by atoms with van der Waals surface area (Å²) >= 11 is 0. The molecular formula is C14H22N2O2. The number of nitrogens with one attached hydrogen (secondary N) is 1. The van der Waals surface area contributed by atoms with Crippen LogP contribution in [0.25, 0.3) is 0 Å². The van der Waals surface area contributed by atoms with E-state index in [0.717, 1.165) is 0 Å². The summed E-state index contributed by atoms with van der Waals surface area (Å²) in [5.74, 6) is -0.0207. The fraction of sp³-hybridized carbons (Fsp3) is 0.500. The SMILES string of the molecule is COCCNC(CC(C)c1ccccc1)C(N)=O. The molecule has 0 heterocycles. The molecule has 100 valence electrons. The maximum absolute atomic E-state index is 11.4. The van der Waals surface area contributed by atoms with Crippen LogP contribution >= 0.6 is 0 Å². The van der Waals surface area contributed by atoms with Crippen LogP contribution in [0.1, 0.15) is 24.8 Å². The van der Waals surface area contributed by atoms with Crippen molar-refractivity contribution in [2.24, 2.45) is 5.73 Å². The van der Waals surface area contributed by atoms with Gasteiger partial charge in [0.25, 0.3) is 0 Å². The third-order valence-corrected chi connectivity index (χ3v) is 3.00. The number of amides is 1. The van der Waals surface area contributed by atoms with Crippen molar-refractivity contribution < 1.29 is 9.53 Å². The Labute approximate surface area is 109 Å². The molecule has 1 aromatic rings. The van der Waals surface area contributed by atoms with Gasteiger partial charge in [-0.2, -0.15) is 0 Å². The van der Waals surface area contributed by atoms with Crippen molar-refractivity contribution in [2.45, 2.75) is 25.3 Å². The third kappa shape index (κ3) is 4.85. The van der Waals surface area contributed by atoms with E-state index in [0.29, 0.717) is 25.5 Å². The van der Waals surface area contributed by atoms with Gasteiger partial charge in [0, 0.05) is 13.7 Å². The van der Waals surface area contributed by atoms with Gasteiger partial charge >= 0.3 is 0 Å². The van der Waals surface area contributed by atoms with Crippen molar-refractivity contribution in [3.63, 3.8) is 0 Å². The van der Waals surface area contributed by atoms with Gasteiger partial charge in [0.2, 0.25) is 5.91 Å². The van der Waals surface area contributed by atoms with Crippen molar-refractivity contribution in [3.8, 4) is 0 Å². The first-order valence-corrected chi connectivity index (χ1v) is 6.21. The highest BCUT2D eigenvalue weighted by atomic mass is 16.5. The lowest BCUT2D eigenvalue weighted by atomic mass is 9.93. The Bertz CT molecular complexity index is 354. The van der Waals surface area contributed by atoms with Crippen LogP contribution in [0.3, 0.4) is 0 Å². The highest BCUT2D eigenvalue weighted by molar-refractivity contribution is 5.79. The molecule has 0 saturated carbocycles. The van der Waals surface area contributed by atoms with Gasteiger partial charge < -0.3 is 15.8 Å². The number of carbonyl (C=O) groups excluding carboxylic acids is 1. The van der Waals surface area contributed by atoms with Gasteiger partial charge in [-0.3, -0.25) is 4.79 Å². The molecule has 18 heavy (non-hydrogen) atoms. The highest BCUT2D eigenvalue weighted by Gasteiger charge is 2.18. The first-order valence-electron chi connectivity index (χ1n) is 6.21. The molecule has 0 radical (unpaired) electrons. The Kier molecular flexibility index (Phi) is 6.39. The first-order chi connectivity index (χ1) is 8.65. The Morgan fingerprint density at radius 2 is 2.06 bits per heavy atom. The molecule has 3 N–H and O–H groups in total. The van der Waals surface area contributed by atoms with E-state index in [-0.39, 0.29) is 11.9 Å². The van der Waals surface area contributed by atoms with Crippen LogP contribution in [-0.4, -0.2) is 32.2 Å². The third-order valence-electron chi connectivity index (χ3n) is 3.00. The standard InChI is InChI=1S/C14H22N2O2/c1-11(12-6-4-3-5-7-12)10-13(14(15)17)16-8-9-18-2/h3-7,11,13,16H,8-10H2,1-2H3,(H2,15,17). The second-order valence-corrected chi connectivity index (χ2v) is 4.45. The van der Waals surface area contributed by atoms with E-state index in [4.69, 9.17) is 10.5 Å². The average molecular weight is 250 g/mol.